The normalized spacial score (nSPS) is 10.6. The SMILES string of the molecule is COc1ccc(C(c2ccc(OC)c(OC)c2)c2ccccc2Cl)cc1OC. The molecule has 0 aliphatic carbocycles. The Hall–Kier alpha value is -2.85. The maximum atomic E-state index is 6.57. The molecular weight excluding hydrogens is 376 g/mol. The summed E-state index contributed by atoms with van der Waals surface area (Å²) in [6.07, 6.45) is 0. The van der Waals surface area contributed by atoms with Crippen molar-refractivity contribution < 1.29 is 18.9 Å². The molecule has 0 saturated carbocycles. The smallest absolute Gasteiger partial charge is 0.161 e. The topological polar surface area (TPSA) is 36.9 Å². The largest absolute Gasteiger partial charge is 0.493 e. The molecule has 0 atom stereocenters. The first-order valence-electron chi connectivity index (χ1n) is 8.81. The molecule has 0 aromatic heterocycles. The summed E-state index contributed by atoms with van der Waals surface area (Å²) in [5.41, 5.74) is 3.04. The predicted octanol–water partition coefficient (Wildman–Crippen LogP) is 5.55. The van der Waals surface area contributed by atoms with Crippen molar-refractivity contribution in [1.29, 1.82) is 0 Å². The van der Waals surface area contributed by atoms with E-state index in [1.807, 2.05) is 60.7 Å². The van der Waals surface area contributed by atoms with Crippen LogP contribution in [0.2, 0.25) is 5.02 Å². The number of halogens is 1. The lowest BCUT2D eigenvalue weighted by Crippen LogP contribution is -2.06. The van der Waals surface area contributed by atoms with Crippen LogP contribution in [0.25, 0.3) is 0 Å². The second-order valence-corrected chi connectivity index (χ2v) is 6.59. The van der Waals surface area contributed by atoms with Gasteiger partial charge in [0.25, 0.3) is 0 Å². The van der Waals surface area contributed by atoms with Crippen molar-refractivity contribution in [2.24, 2.45) is 0 Å². The third-order valence-corrected chi connectivity index (χ3v) is 5.04. The van der Waals surface area contributed by atoms with Gasteiger partial charge in [0.05, 0.1) is 28.4 Å². The second kappa shape index (κ2) is 8.89. The van der Waals surface area contributed by atoms with Crippen molar-refractivity contribution in [2.45, 2.75) is 5.92 Å². The van der Waals surface area contributed by atoms with Crippen molar-refractivity contribution in [3.05, 3.63) is 82.4 Å². The highest BCUT2D eigenvalue weighted by Crippen LogP contribution is 2.41. The molecule has 0 spiro atoms. The van der Waals surface area contributed by atoms with Crippen LogP contribution in [0, 0.1) is 0 Å². The molecule has 0 bridgehead atoms. The van der Waals surface area contributed by atoms with E-state index in [2.05, 4.69) is 0 Å². The molecule has 0 unspecified atom stereocenters. The van der Waals surface area contributed by atoms with Crippen LogP contribution in [0.1, 0.15) is 22.6 Å². The molecule has 0 radical (unpaired) electrons. The van der Waals surface area contributed by atoms with Crippen LogP contribution < -0.4 is 18.9 Å². The zero-order chi connectivity index (χ0) is 20.1. The standard InChI is InChI=1S/C23H23ClO4/c1-25-19-11-9-15(13-21(19)27-3)23(17-7-5-6-8-18(17)24)16-10-12-20(26-2)22(14-16)28-4/h5-14,23H,1-4H3. The monoisotopic (exact) mass is 398 g/mol. The highest BCUT2D eigenvalue weighted by Gasteiger charge is 2.22. The summed E-state index contributed by atoms with van der Waals surface area (Å²) in [6, 6.07) is 19.6. The highest BCUT2D eigenvalue weighted by atomic mass is 35.5. The molecule has 28 heavy (non-hydrogen) atoms. The fourth-order valence-corrected chi connectivity index (χ4v) is 3.57. The minimum absolute atomic E-state index is 0.117. The van der Waals surface area contributed by atoms with E-state index in [0.717, 1.165) is 16.7 Å². The quantitative estimate of drug-likeness (QED) is 0.488. The molecule has 0 fully saturated rings. The van der Waals surface area contributed by atoms with Crippen molar-refractivity contribution in [3.63, 3.8) is 0 Å². The summed E-state index contributed by atoms with van der Waals surface area (Å²) in [5, 5.41) is 0.692. The van der Waals surface area contributed by atoms with E-state index < -0.39 is 0 Å². The first-order valence-corrected chi connectivity index (χ1v) is 9.19. The number of rotatable bonds is 7. The van der Waals surface area contributed by atoms with Gasteiger partial charge < -0.3 is 18.9 Å². The Morgan fingerprint density at radius 1 is 0.607 bits per heavy atom. The third kappa shape index (κ3) is 3.87. The van der Waals surface area contributed by atoms with Gasteiger partial charge in [-0.3, -0.25) is 0 Å². The molecule has 0 aliphatic rings. The van der Waals surface area contributed by atoms with Gasteiger partial charge in [-0.2, -0.15) is 0 Å². The molecule has 3 aromatic rings. The van der Waals surface area contributed by atoms with Crippen molar-refractivity contribution >= 4 is 11.6 Å². The first-order chi connectivity index (χ1) is 13.6. The summed E-state index contributed by atoms with van der Waals surface area (Å²) in [4.78, 5) is 0. The van der Waals surface area contributed by atoms with Crippen molar-refractivity contribution in [3.8, 4) is 23.0 Å². The Balaban J connectivity index is 2.21. The molecule has 3 aromatic carbocycles. The summed E-state index contributed by atoms with van der Waals surface area (Å²) in [7, 11) is 6.50. The molecule has 3 rings (SSSR count). The first kappa shape index (κ1) is 19.9. The van der Waals surface area contributed by atoms with E-state index in [4.69, 9.17) is 30.5 Å². The van der Waals surface area contributed by atoms with Crippen LogP contribution >= 0.6 is 11.6 Å². The van der Waals surface area contributed by atoms with Crippen LogP contribution in [0.3, 0.4) is 0 Å². The minimum atomic E-state index is -0.117. The van der Waals surface area contributed by atoms with Crippen LogP contribution in [-0.4, -0.2) is 28.4 Å². The van der Waals surface area contributed by atoms with Gasteiger partial charge in [0.1, 0.15) is 0 Å². The van der Waals surface area contributed by atoms with E-state index in [0.29, 0.717) is 28.0 Å². The van der Waals surface area contributed by atoms with Gasteiger partial charge in [0, 0.05) is 10.9 Å². The zero-order valence-corrected chi connectivity index (χ0v) is 17.1. The Kier molecular flexibility index (Phi) is 6.32. The zero-order valence-electron chi connectivity index (χ0n) is 16.4. The van der Waals surface area contributed by atoms with Crippen LogP contribution in [0.15, 0.2) is 60.7 Å². The summed E-state index contributed by atoms with van der Waals surface area (Å²) in [6.45, 7) is 0. The number of hydrogen-bond donors (Lipinski definition) is 0. The average molecular weight is 399 g/mol. The van der Waals surface area contributed by atoms with E-state index in [-0.39, 0.29) is 5.92 Å². The molecule has 0 N–H and O–H groups in total. The average Bonchev–Trinajstić information content (AvgIpc) is 2.74. The van der Waals surface area contributed by atoms with E-state index in [1.54, 1.807) is 28.4 Å². The molecule has 5 heteroatoms. The summed E-state index contributed by atoms with van der Waals surface area (Å²) >= 11 is 6.57. The Labute approximate surface area is 170 Å². The lowest BCUT2D eigenvalue weighted by molar-refractivity contribution is 0.354. The van der Waals surface area contributed by atoms with Gasteiger partial charge in [0.2, 0.25) is 0 Å². The number of benzene rings is 3. The Morgan fingerprint density at radius 3 is 1.50 bits per heavy atom. The molecule has 0 saturated heterocycles. The van der Waals surface area contributed by atoms with Crippen LogP contribution in [-0.2, 0) is 0 Å². The van der Waals surface area contributed by atoms with Gasteiger partial charge in [-0.25, -0.2) is 0 Å². The van der Waals surface area contributed by atoms with E-state index >= 15 is 0 Å². The van der Waals surface area contributed by atoms with Gasteiger partial charge in [-0.15, -0.1) is 0 Å². The van der Waals surface area contributed by atoms with Crippen LogP contribution in [0.5, 0.6) is 23.0 Å². The van der Waals surface area contributed by atoms with Gasteiger partial charge in [-0.1, -0.05) is 41.9 Å². The second-order valence-electron chi connectivity index (χ2n) is 6.18. The minimum Gasteiger partial charge on any atom is -0.493 e. The van der Waals surface area contributed by atoms with Gasteiger partial charge >= 0.3 is 0 Å². The molecule has 146 valence electrons. The Bertz CT molecular complexity index is 900. The van der Waals surface area contributed by atoms with Crippen molar-refractivity contribution in [1.82, 2.24) is 0 Å². The molecular formula is C23H23ClO4. The fourth-order valence-electron chi connectivity index (χ4n) is 3.33. The maximum absolute atomic E-state index is 6.57. The molecule has 0 aliphatic heterocycles. The number of methoxy groups -OCH3 is 4. The van der Waals surface area contributed by atoms with Crippen molar-refractivity contribution in [2.75, 3.05) is 28.4 Å². The molecule has 0 amide bonds. The lowest BCUT2D eigenvalue weighted by Gasteiger charge is -2.22. The molecule has 4 nitrogen and oxygen atoms in total. The van der Waals surface area contributed by atoms with Gasteiger partial charge in [-0.05, 0) is 47.0 Å². The summed E-state index contributed by atoms with van der Waals surface area (Å²) < 4.78 is 21.8. The van der Waals surface area contributed by atoms with Gasteiger partial charge in [0.15, 0.2) is 23.0 Å². The predicted molar refractivity (Wildman–Crippen MR) is 111 cm³/mol. The van der Waals surface area contributed by atoms with E-state index in [9.17, 15) is 0 Å². The lowest BCUT2D eigenvalue weighted by atomic mass is 9.84. The molecule has 0 heterocycles. The Morgan fingerprint density at radius 2 is 1.07 bits per heavy atom. The fraction of sp³-hybridized carbons (Fsp3) is 0.217. The number of hydrogen-bond acceptors (Lipinski definition) is 4. The highest BCUT2D eigenvalue weighted by molar-refractivity contribution is 6.31. The number of ether oxygens (including phenoxy) is 4. The maximum Gasteiger partial charge on any atom is 0.161 e. The van der Waals surface area contributed by atoms with Crippen LogP contribution in [0.4, 0.5) is 0 Å². The van der Waals surface area contributed by atoms with E-state index in [1.165, 1.54) is 0 Å². The third-order valence-electron chi connectivity index (χ3n) is 4.70. The summed E-state index contributed by atoms with van der Waals surface area (Å²) in [5.74, 6) is 2.57.